The van der Waals surface area contributed by atoms with Crippen molar-refractivity contribution in [1.82, 2.24) is 0 Å². The van der Waals surface area contributed by atoms with Gasteiger partial charge >= 0.3 is 6.18 Å². The van der Waals surface area contributed by atoms with Crippen LogP contribution < -0.4 is 0 Å². The maximum Gasteiger partial charge on any atom is 0.416 e. The van der Waals surface area contributed by atoms with Crippen LogP contribution in [0.1, 0.15) is 24.5 Å². The van der Waals surface area contributed by atoms with Gasteiger partial charge < -0.3 is 0 Å². The van der Waals surface area contributed by atoms with Crippen molar-refractivity contribution >= 4 is 0 Å². The minimum absolute atomic E-state index is 0.0931. The average molecular weight is 224 g/mol. The van der Waals surface area contributed by atoms with Gasteiger partial charge in [-0.1, -0.05) is 13.3 Å². The predicted octanol–water partition coefficient (Wildman–Crippen LogP) is 3.94. The highest BCUT2D eigenvalue weighted by Crippen LogP contribution is 2.31. The van der Waals surface area contributed by atoms with Crippen LogP contribution in [-0.2, 0) is 12.6 Å². The standard InChI is InChI=1S/C10H9F5/c1-2-3-7-8(11)4-6(5-9(7)12)10(13,14)15/h4-5H,2-3H2,1H3. The van der Waals surface area contributed by atoms with E-state index in [1.165, 1.54) is 0 Å². The summed E-state index contributed by atoms with van der Waals surface area (Å²) < 4.78 is 62.6. The zero-order valence-electron chi connectivity index (χ0n) is 7.96. The molecule has 0 aliphatic carbocycles. The first-order valence-corrected chi connectivity index (χ1v) is 4.41. The van der Waals surface area contributed by atoms with E-state index in [9.17, 15) is 22.0 Å². The molecule has 0 bridgehead atoms. The topological polar surface area (TPSA) is 0 Å². The minimum Gasteiger partial charge on any atom is -0.207 e. The fourth-order valence-corrected chi connectivity index (χ4v) is 1.26. The SMILES string of the molecule is CCCc1c(F)cc(C(F)(F)F)cc1F. The van der Waals surface area contributed by atoms with E-state index in [4.69, 9.17) is 0 Å². The van der Waals surface area contributed by atoms with E-state index in [-0.39, 0.29) is 12.0 Å². The van der Waals surface area contributed by atoms with Crippen LogP contribution in [0.5, 0.6) is 0 Å². The molecule has 0 radical (unpaired) electrons. The lowest BCUT2D eigenvalue weighted by atomic mass is 10.1. The summed E-state index contributed by atoms with van der Waals surface area (Å²) in [5.41, 5.74) is -1.58. The van der Waals surface area contributed by atoms with E-state index >= 15 is 0 Å². The van der Waals surface area contributed by atoms with Crippen molar-refractivity contribution in [3.63, 3.8) is 0 Å². The molecule has 0 saturated heterocycles. The Balaban J connectivity index is 3.19. The fourth-order valence-electron chi connectivity index (χ4n) is 1.26. The third kappa shape index (κ3) is 2.67. The summed E-state index contributed by atoms with van der Waals surface area (Å²) in [7, 11) is 0. The highest BCUT2D eigenvalue weighted by atomic mass is 19.4. The first-order chi connectivity index (χ1) is 6.86. The van der Waals surface area contributed by atoms with Gasteiger partial charge in [0.1, 0.15) is 11.6 Å². The lowest BCUT2D eigenvalue weighted by molar-refractivity contribution is -0.138. The Morgan fingerprint density at radius 3 is 1.87 bits per heavy atom. The molecule has 0 aromatic heterocycles. The van der Waals surface area contributed by atoms with Crippen molar-refractivity contribution in [1.29, 1.82) is 0 Å². The second-order valence-corrected chi connectivity index (χ2v) is 3.17. The molecule has 0 saturated carbocycles. The smallest absolute Gasteiger partial charge is 0.207 e. The van der Waals surface area contributed by atoms with Crippen LogP contribution >= 0.6 is 0 Å². The van der Waals surface area contributed by atoms with Crippen molar-refractivity contribution < 1.29 is 22.0 Å². The van der Waals surface area contributed by atoms with E-state index in [0.717, 1.165) is 0 Å². The highest BCUT2D eigenvalue weighted by molar-refractivity contribution is 5.28. The molecule has 0 fully saturated rings. The molecule has 0 spiro atoms. The number of alkyl halides is 3. The van der Waals surface area contributed by atoms with Crippen molar-refractivity contribution in [3.05, 3.63) is 34.9 Å². The Labute approximate surface area is 83.7 Å². The molecule has 84 valence electrons. The molecule has 0 heterocycles. The van der Waals surface area contributed by atoms with Crippen molar-refractivity contribution in [2.24, 2.45) is 0 Å². The molecule has 0 unspecified atom stereocenters. The van der Waals surface area contributed by atoms with E-state index < -0.39 is 23.4 Å². The predicted molar refractivity (Wildman–Crippen MR) is 45.4 cm³/mol. The average Bonchev–Trinajstić information content (AvgIpc) is 2.09. The Hall–Kier alpha value is -1.13. The van der Waals surface area contributed by atoms with Crippen molar-refractivity contribution in [2.45, 2.75) is 25.9 Å². The molecule has 0 aliphatic rings. The van der Waals surface area contributed by atoms with Gasteiger partial charge in [0.15, 0.2) is 0 Å². The summed E-state index contributed by atoms with van der Waals surface area (Å²) in [5, 5.41) is 0. The summed E-state index contributed by atoms with van der Waals surface area (Å²) in [6.45, 7) is 1.69. The maximum atomic E-state index is 13.1. The molecular formula is C10H9F5. The lowest BCUT2D eigenvalue weighted by Crippen LogP contribution is -2.08. The summed E-state index contributed by atoms with van der Waals surface area (Å²) in [6, 6.07) is 0.655. The molecule has 0 atom stereocenters. The molecule has 15 heavy (non-hydrogen) atoms. The molecule has 5 heteroatoms. The first-order valence-electron chi connectivity index (χ1n) is 4.41. The van der Waals surface area contributed by atoms with Gasteiger partial charge in [0.05, 0.1) is 5.56 Å². The molecule has 0 nitrogen and oxygen atoms in total. The van der Waals surface area contributed by atoms with Crippen LogP contribution in [0.25, 0.3) is 0 Å². The van der Waals surface area contributed by atoms with Crippen LogP contribution in [0, 0.1) is 11.6 Å². The fraction of sp³-hybridized carbons (Fsp3) is 0.400. The van der Waals surface area contributed by atoms with Crippen LogP contribution in [0.2, 0.25) is 0 Å². The van der Waals surface area contributed by atoms with Gasteiger partial charge in [0, 0.05) is 5.56 Å². The third-order valence-electron chi connectivity index (χ3n) is 1.97. The summed E-state index contributed by atoms with van der Waals surface area (Å²) in [5.74, 6) is -2.27. The minimum atomic E-state index is -4.72. The zero-order valence-corrected chi connectivity index (χ0v) is 7.96. The monoisotopic (exact) mass is 224 g/mol. The normalized spacial score (nSPS) is 11.9. The quantitative estimate of drug-likeness (QED) is 0.667. The Morgan fingerprint density at radius 1 is 1.07 bits per heavy atom. The number of hydrogen-bond acceptors (Lipinski definition) is 0. The van der Waals surface area contributed by atoms with Crippen LogP contribution in [0.3, 0.4) is 0 Å². The molecule has 0 amide bonds. The van der Waals surface area contributed by atoms with Gasteiger partial charge in [0.25, 0.3) is 0 Å². The second-order valence-electron chi connectivity index (χ2n) is 3.17. The summed E-state index contributed by atoms with van der Waals surface area (Å²) in [4.78, 5) is 0. The van der Waals surface area contributed by atoms with Gasteiger partial charge in [-0.2, -0.15) is 13.2 Å². The lowest BCUT2D eigenvalue weighted by Gasteiger charge is -2.09. The van der Waals surface area contributed by atoms with Crippen molar-refractivity contribution in [3.8, 4) is 0 Å². The Morgan fingerprint density at radius 2 is 1.53 bits per heavy atom. The first kappa shape index (κ1) is 11.9. The molecule has 1 aromatic carbocycles. The van der Waals surface area contributed by atoms with Crippen molar-refractivity contribution in [2.75, 3.05) is 0 Å². The van der Waals surface area contributed by atoms with E-state index in [1.807, 2.05) is 0 Å². The third-order valence-corrected chi connectivity index (χ3v) is 1.97. The second kappa shape index (κ2) is 4.16. The molecule has 0 N–H and O–H groups in total. The van der Waals surface area contributed by atoms with Crippen LogP contribution in [0.4, 0.5) is 22.0 Å². The van der Waals surface area contributed by atoms with Gasteiger partial charge in [0.2, 0.25) is 0 Å². The van der Waals surface area contributed by atoms with E-state index in [2.05, 4.69) is 0 Å². The van der Waals surface area contributed by atoms with Gasteiger partial charge in [-0.3, -0.25) is 0 Å². The Bertz CT molecular complexity index is 330. The molecule has 1 rings (SSSR count). The van der Waals surface area contributed by atoms with E-state index in [0.29, 0.717) is 18.6 Å². The summed E-state index contributed by atoms with van der Waals surface area (Å²) in [6.07, 6.45) is -4.15. The molecule has 0 aliphatic heterocycles. The van der Waals surface area contributed by atoms with Gasteiger partial charge in [-0.25, -0.2) is 8.78 Å². The number of rotatable bonds is 2. The zero-order chi connectivity index (χ0) is 11.6. The number of hydrogen-bond donors (Lipinski definition) is 0. The van der Waals surface area contributed by atoms with Gasteiger partial charge in [-0.05, 0) is 18.6 Å². The Kier molecular flexibility index (Phi) is 3.31. The number of halogens is 5. The van der Waals surface area contributed by atoms with Crippen LogP contribution in [0.15, 0.2) is 12.1 Å². The largest absolute Gasteiger partial charge is 0.416 e. The summed E-state index contributed by atoms with van der Waals surface area (Å²) >= 11 is 0. The molecular weight excluding hydrogens is 215 g/mol. The highest BCUT2D eigenvalue weighted by Gasteiger charge is 2.32. The van der Waals surface area contributed by atoms with Gasteiger partial charge in [-0.15, -0.1) is 0 Å². The molecule has 1 aromatic rings. The van der Waals surface area contributed by atoms with Crippen LogP contribution in [-0.4, -0.2) is 0 Å². The maximum absolute atomic E-state index is 13.1. The number of benzene rings is 1. The van der Waals surface area contributed by atoms with E-state index in [1.54, 1.807) is 6.92 Å².